The van der Waals surface area contributed by atoms with Crippen LogP contribution in [0.15, 0.2) is 30.3 Å². The molecule has 0 saturated heterocycles. The lowest BCUT2D eigenvalue weighted by atomic mass is 10.1. The van der Waals surface area contributed by atoms with Crippen LogP contribution in [-0.4, -0.2) is 29.7 Å². The number of carbonyl (C=O) groups excluding carboxylic acids is 2. The fourth-order valence-corrected chi connectivity index (χ4v) is 3.19. The minimum Gasteiger partial charge on any atom is -0.477 e. The molecule has 2 aromatic rings. The topological polar surface area (TPSA) is 102 Å². The molecule has 1 aromatic heterocycles. The molecule has 0 saturated carbocycles. The highest BCUT2D eigenvalue weighted by atomic mass is 32.1. The minimum atomic E-state index is -1.18. The Hall–Kier alpha value is -2.87. The lowest BCUT2D eigenvalue weighted by Crippen LogP contribution is -2.16. The molecule has 1 amide bonds. The quantitative estimate of drug-likeness (QED) is 0.705. The van der Waals surface area contributed by atoms with E-state index in [2.05, 4.69) is 5.32 Å². The number of ether oxygens (including phenoxy) is 2. The number of benzene rings is 1. The van der Waals surface area contributed by atoms with Crippen molar-refractivity contribution < 1.29 is 29.0 Å². The van der Waals surface area contributed by atoms with Crippen LogP contribution in [-0.2, 0) is 16.1 Å². The van der Waals surface area contributed by atoms with Gasteiger partial charge in [-0.3, -0.25) is 5.32 Å². The van der Waals surface area contributed by atoms with Gasteiger partial charge >= 0.3 is 18.0 Å². The van der Waals surface area contributed by atoms with Crippen molar-refractivity contribution in [3.63, 3.8) is 0 Å². The molecule has 0 spiro atoms. The summed E-state index contributed by atoms with van der Waals surface area (Å²) in [5, 5.41) is 11.8. The second kappa shape index (κ2) is 9.00. The smallest absolute Gasteiger partial charge is 0.412 e. The van der Waals surface area contributed by atoms with Gasteiger partial charge in [-0.25, -0.2) is 14.4 Å². The van der Waals surface area contributed by atoms with Crippen molar-refractivity contribution in [1.82, 2.24) is 0 Å². The summed E-state index contributed by atoms with van der Waals surface area (Å²) < 4.78 is 10.2. The van der Waals surface area contributed by atoms with Crippen molar-refractivity contribution in [3.8, 4) is 0 Å². The number of thiophene rings is 1. The summed E-state index contributed by atoms with van der Waals surface area (Å²) in [6.07, 6.45) is -0.153. The summed E-state index contributed by atoms with van der Waals surface area (Å²) in [5.41, 5.74) is 1.10. The number of hydrogen-bond acceptors (Lipinski definition) is 6. The first-order valence-corrected chi connectivity index (χ1v) is 8.77. The molecule has 0 bridgehead atoms. The van der Waals surface area contributed by atoms with Crippen molar-refractivity contribution >= 4 is 34.4 Å². The lowest BCUT2D eigenvalue weighted by molar-refractivity contribution is 0.0506. The van der Waals surface area contributed by atoms with Gasteiger partial charge in [-0.05, 0) is 24.5 Å². The van der Waals surface area contributed by atoms with Gasteiger partial charge in [0.25, 0.3) is 0 Å². The number of esters is 1. The molecule has 0 radical (unpaired) electrons. The largest absolute Gasteiger partial charge is 0.477 e. The predicted molar refractivity (Wildman–Crippen MR) is 96.8 cm³/mol. The van der Waals surface area contributed by atoms with Crippen molar-refractivity contribution in [2.24, 2.45) is 0 Å². The fourth-order valence-electron chi connectivity index (χ4n) is 2.17. The van der Waals surface area contributed by atoms with Gasteiger partial charge in [0.15, 0.2) is 0 Å². The molecular formula is C18H19NO6S. The molecule has 0 unspecified atom stereocenters. The van der Waals surface area contributed by atoms with Crippen molar-refractivity contribution in [2.75, 3.05) is 11.9 Å². The molecule has 26 heavy (non-hydrogen) atoms. The van der Waals surface area contributed by atoms with E-state index in [4.69, 9.17) is 9.47 Å². The third-order valence-corrected chi connectivity index (χ3v) is 4.61. The molecule has 7 nitrogen and oxygen atoms in total. The Kier molecular flexibility index (Phi) is 6.74. The van der Waals surface area contributed by atoms with Crippen LogP contribution >= 0.6 is 11.3 Å². The van der Waals surface area contributed by atoms with E-state index in [1.807, 2.05) is 25.1 Å². The van der Waals surface area contributed by atoms with E-state index in [0.717, 1.165) is 16.9 Å². The van der Waals surface area contributed by atoms with Crippen LogP contribution in [0.5, 0.6) is 0 Å². The third kappa shape index (κ3) is 4.82. The molecule has 0 aliphatic carbocycles. The molecule has 2 rings (SSSR count). The number of anilines is 1. The minimum absolute atomic E-state index is 0.0354. The predicted octanol–water partition coefficient (Wildman–Crippen LogP) is 4.07. The van der Waals surface area contributed by atoms with Crippen molar-refractivity contribution in [2.45, 2.75) is 26.9 Å². The zero-order valence-corrected chi connectivity index (χ0v) is 15.2. The molecule has 0 aliphatic rings. The van der Waals surface area contributed by atoms with Crippen LogP contribution in [0.25, 0.3) is 0 Å². The summed E-state index contributed by atoms with van der Waals surface area (Å²) in [5.74, 6) is -1.85. The van der Waals surface area contributed by atoms with Crippen LogP contribution in [0.4, 0.5) is 9.80 Å². The number of nitrogens with one attached hydrogen (secondary N) is 1. The van der Waals surface area contributed by atoms with E-state index in [0.29, 0.717) is 6.42 Å². The normalized spacial score (nSPS) is 10.2. The highest BCUT2D eigenvalue weighted by Crippen LogP contribution is 2.34. The molecule has 2 N–H and O–H groups in total. The first-order valence-electron chi connectivity index (χ1n) is 7.95. The number of hydrogen-bond donors (Lipinski definition) is 2. The first kappa shape index (κ1) is 19.5. The Labute approximate surface area is 154 Å². The van der Waals surface area contributed by atoms with Gasteiger partial charge in [0.05, 0.1) is 12.2 Å². The molecule has 0 aliphatic heterocycles. The van der Waals surface area contributed by atoms with E-state index in [1.165, 1.54) is 6.92 Å². The summed E-state index contributed by atoms with van der Waals surface area (Å²) >= 11 is 0.794. The Balaban J connectivity index is 2.16. The number of carboxylic acids is 1. The number of aromatic carboxylic acids is 1. The maximum Gasteiger partial charge on any atom is 0.412 e. The maximum absolute atomic E-state index is 12.2. The molecule has 138 valence electrons. The Bertz CT molecular complexity index is 800. The van der Waals surface area contributed by atoms with E-state index < -0.39 is 18.0 Å². The van der Waals surface area contributed by atoms with E-state index in [1.54, 1.807) is 12.1 Å². The summed E-state index contributed by atoms with van der Waals surface area (Å²) in [6, 6.07) is 9.09. The van der Waals surface area contributed by atoms with E-state index in [-0.39, 0.29) is 34.2 Å². The zero-order chi connectivity index (χ0) is 19.1. The first-order chi connectivity index (χ1) is 12.4. The van der Waals surface area contributed by atoms with Gasteiger partial charge in [0.2, 0.25) is 0 Å². The van der Waals surface area contributed by atoms with Crippen LogP contribution < -0.4 is 5.32 Å². The number of amides is 1. The molecule has 1 heterocycles. The van der Waals surface area contributed by atoms with Crippen LogP contribution in [0.3, 0.4) is 0 Å². The van der Waals surface area contributed by atoms with Crippen LogP contribution in [0, 0.1) is 6.92 Å². The second-order valence-corrected chi connectivity index (χ2v) is 6.41. The van der Waals surface area contributed by atoms with Gasteiger partial charge in [-0.2, -0.15) is 0 Å². The Morgan fingerprint density at radius 3 is 2.46 bits per heavy atom. The highest BCUT2D eigenvalue weighted by molar-refractivity contribution is 7.18. The van der Waals surface area contributed by atoms with Gasteiger partial charge in [-0.1, -0.05) is 37.3 Å². The summed E-state index contributed by atoms with van der Waals surface area (Å²) in [6.45, 7) is 3.60. The van der Waals surface area contributed by atoms with Gasteiger partial charge in [0.1, 0.15) is 16.5 Å². The zero-order valence-electron chi connectivity index (χ0n) is 14.4. The molecular weight excluding hydrogens is 358 g/mol. The average Bonchev–Trinajstić information content (AvgIpc) is 2.95. The summed E-state index contributed by atoms with van der Waals surface area (Å²) in [4.78, 5) is 35.6. The molecule has 0 atom stereocenters. The highest BCUT2D eigenvalue weighted by Gasteiger charge is 2.26. The Morgan fingerprint density at radius 2 is 1.85 bits per heavy atom. The molecule has 0 fully saturated rings. The SMILES string of the molecule is CCCOC(=O)c1c(NC(=O)OCc2ccccc2)sc(C(=O)O)c1C. The van der Waals surface area contributed by atoms with Gasteiger partial charge < -0.3 is 14.6 Å². The molecule has 8 heteroatoms. The van der Waals surface area contributed by atoms with Gasteiger partial charge in [-0.15, -0.1) is 11.3 Å². The fraction of sp³-hybridized carbons (Fsp3) is 0.278. The van der Waals surface area contributed by atoms with Crippen LogP contribution in [0.2, 0.25) is 0 Å². The van der Waals surface area contributed by atoms with E-state index in [9.17, 15) is 19.5 Å². The second-order valence-electron chi connectivity index (χ2n) is 5.39. The van der Waals surface area contributed by atoms with Crippen LogP contribution in [0.1, 0.15) is 44.5 Å². The summed E-state index contributed by atoms with van der Waals surface area (Å²) in [7, 11) is 0. The monoisotopic (exact) mass is 377 g/mol. The van der Waals surface area contributed by atoms with Crippen molar-refractivity contribution in [1.29, 1.82) is 0 Å². The number of carboxylic acid groups (broad SMARTS) is 1. The lowest BCUT2D eigenvalue weighted by Gasteiger charge is -2.08. The van der Waals surface area contributed by atoms with Crippen molar-refractivity contribution in [3.05, 3.63) is 51.9 Å². The standard InChI is InChI=1S/C18H19NO6S/c1-3-9-24-17(22)13-11(2)14(16(20)21)26-15(13)19-18(23)25-10-12-7-5-4-6-8-12/h4-8H,3,9-10H2,1-2H3,(H,19,23)(H,20,21). The molecule has 1 aromatic carbocycles. The Morgan fingerprint density at radius 1 is 1.15 bits per heavy atom. The van der Waals surface area contributed by atoms with E-state index >= 15 is 0 Å². The average molecular weight is 377 g/mol. The number of carbonyl (C=O) groups is 3. The third-order valence-electron chi connectivity index (χ3n) is 3.41. The maximum atomic E-state index is 12.2. The number of rotatable bonds is 7. The van der Waals surface area contributed by atoms with Gasteiger partial charge in [0, 0.05) is 0 Å².